The van der Waals surface area contributed by atoms with Gasteiger partial charge in [-0.25, -0.2) is 0 Å². The summed E-state index contributed by atoms with van der Waals surface area (Å²) < 4.78 is 0. The molecular formula is C12H19NO2. The SMILES string of the molecule is CCN(CC)C(=O)CC1(O)C=CC=CC1. The molecule has 1 aliphatic carbocycles. The van der Waals surface area contributed by atoms with Gasteiger partial charge >= 0.3 is 0 Å². The Labute approximate surface area is 91.1 Å². The fourth-order valence-corrected chi connectivity index (χ4v) is 1.73. The standard InChI is InChI=1S/C12H19NO2/c1-3-13(4-2)11(14)10-12(15)8-6-5-7-9-12/h5-8,15H,3-4,9-10H2,1-2H3. The molecule has 0 bridgehead atoms. The average molecular weight is 209 g/mol. The van der Waals surface area contributed by atoms with E-state index >= 15 is 0 Å². The van der Waals surface area contributed by atoms with Crippen molar-refractivity contribution < 1.29 is 9.90 Å². The van der Waals surface area contributed by atoms with Gasteiger partial charge in [0, 0.05) is 13.1 Å². The lowest BCUT2D eigenvalue weighted by Gasteiger charge is -2.27. The van der Waals surface area contributed by atoms with Gasteiger partial charge in [-0.3, -0.25) is 4.79 Å². The minimum absolute atomic E-state index is 0.0162. The molecule has 0 heterocycles. The highest BCUT2D eigenvalue weighted by Gasteiger charge is 2.28. The molecule has 1 atom stereocenters. The van der Waals surface area contributed by atoms with Crippen molar-refractivity contribution in [3.8, 4) is 0 Å². The summed E-state index contributed by atoms with van der Waals surface area (Å²) in [7, 11) is 0. The second kappa shape index (κ2) is 5.12. The van der Waals surface area contributed by atoms with Crippen molar-refractivity contribution in [3.63, 3.8) is 0 Å². The van der Waals surface area contributed by atoms with Crippen LogP contribution in [0.2, 0.25) is 0 Å². The lowest BCUT2D eigenvalue weighted by molar-refractivity contribution is -0.134. The first-order valence-corrected chi connectivity index (χ1v) is 5.46. The van der Waals surface area contributed by atoms with E-state index in [4.69, 9.17) is 0 Å². The van der Waals surface area contributed by atoms with Gasteiger partial charge in [-0.1, -0.05) is 24.3 Å². The zero-order valence-electron chi connectivity index (χ0n) is 9.44. The van der Waals surface area contributed by atoms with Crippen LogP contribution in [0.5, 0.6) is 0 Å². The van der Waals surface area contributed by atoms with Crippen LogP contribution >= 0.6 is 0 Å². The van der Waals surface area contributed by atoms with Crippen molar-refractivity contribution in [3.05, 3.63) is 24.3 Å². The minimum Gasteiger partial charge on any atom is -0.385 e. The van der Waals surface area contributed by atoms with Gasteiger partial charge in [0.1, 0.15) is 0 Å². The van der Waals surface area contributed by atoms with Gasteiger partial charge in [-0.05, 0) is 20.3 Å². The van der Waals surface area contributed by atoms with Crippen molar-refractivity contribution in [2.24, 2.45) is 0 Å². The molecule has 1 amide bonds. The summed E-state index contributed by atoms with van der Waals surface area (Å²) in [4.78, 5) is 13.5. The first kappa shape index (κ1) is 12.0. The van der Waals surface area contributed by atoms with Gasteiger partial charge in [0.05, 0.1) is 12.0 Å². The lowest BCUT2D eigenvalue weighted by atomic mass is 9.91. The quantitative estimate of drug-likeness (QED) is 0.762. The van der Waals surface area contributed by atoms with Crippen LogP contribution in [0.4, 0.5) is 0 Å². The number of rotatable bonds is 4. The number of carbonyl (C=O) groups is 1. The number of carbonyl (C=O) groups excluding carboxylic acids is 1. The normalized spacial score (nSPS) is 24.2. The molecule has 0 radical (unpaired) electrons. The predicted molar refractivity (Wildman–Crippen MR) is 60.4 cm³/mol. The van der Waals surface area contributed by atoms with Crippen LogP contribution in [0.25, 0.3) is 0 Å². The third kappa shape index (κ3) is 3.20. The first-order valence-electron chi connectivity index (χ1n) is 5.46. The van der Waals surface area contributed by atoms with Crippen LogP contribution in [-0.2, 0) is 4.79 Å². The molecule has 0 fully saturated rings. The van der Waals surface area contributed by atoms with Crippen molar-refractivity contribution in [1.29, 1.82) is 0 Å². The number of aliphatic hydroxyl groups is 1. The van der Waals surface area contributed by atoms with E-state index in [1.54, 1.807) is 17.1 Å². The molecule has 0 spiro atoms. The number of hydrogen-bond donors (Lipinski definition) is 1. The van der Waals surface area contributed by atoms with E-state index in [1.807, 2.05) is 26.0 Å². The molecule has 1 N–H and O–H groups in total. The molecule has 1 unspecified atom stereocenters. The third-order valence-corrected chi connectivity index (χ3v) is 2.70. The van der Waals surface area contributed by atoms with Gasteiger partial charge in [-0.15, -0.1) is 0 Å². The molecule has 0 saturated heterocycles. The zero-order chi connectivity index (χ0) is 11.3. The highest BCUT2D eigenvalue weighted by molar-refractivity contribution is 5.77. The van der Waals surface area contributed by atoms with E-state index in [2.05, 4.69) is 0 Å². The third-order valence-electron chi connectivity index (χ3n) is 2.70. The maximum Gasteiger partial charge on any atom is 0.225 e. The van der Waals surface area contributed by atoms with Gasteiger partial charge in [0.2, 0.25) is 5.91 Å². The van der Waals surface area contributed by atoms with E-state index in [9.17, 15) is 9.90 Å². The molecule has 3 nitrogen and oxygen atoms in total. The van der Waals surface area contributed by atoms with Gasteiger partial charge < -0.3 is 10.0 Å². The van der Waals surface area contributed by atoms with E-state index in [0.717, 1.165) is 0 Å². The van der Waals surface area contributed by atoms with Gasteiger partial charge in [-0.2, -0.15) is 0 Å². The number of hydrogen-bond acceptors (Lipinski definition) is 2. The Kier molecular flexibility index (Phi) is 4.09. The first-order chi connectivity index (χ1) is 7.11. The summed E-state index contributed by atoms with van der Waals surface area (Å²) in [5, 5.41) is 10.1. The Hall–Kier alpha value is -1.09. The fraction of sp³-hybridized carbons (Fsp3) is 0.583. The van der Waals surface area contributed by atoms with Crippen LogP contribution in [-0.4, -0.2) is 34.6 Å². The highest BCUT2D eigenvalue weighted by Crippen LogP contribution is 2.22. The van der Waals surface area contributed by atoms with Crippen molar-refractivity contribution in [2.45, 2.75) is 32.3 Å². The minimum atomic E-state index is -0.978. The maximum absolute atomic E-state index is 11.8. The van der Waals surface area contributed by atoms with Crippen LogP contribution in [0.1, 0.15) is 26.7 Å². The van der Waals surface area contributed by atoms with E-state index in [0.29, 0.717) is 19.5 Å². The molecule has 0 aliphatic heterocycles. The fourth-order valence-electron chi connectivity index (χ4n) is 1.73. The molecule has 1 rings (SSSR count). The Bertz CT molecular complexity index is 279. The van der Waals surface area contributed by atoms with Gasteiger partial charge in [0.25, 0.3) is 0 Å². The Balaban J connectivity index is 2.57. The predicted octanol–water partition coefficient (Wildman–Crippen LogP) is 1.49. The Morgan fingerprint density at radius 3 is 2.53 bits per heavy atom. The van der Waals surface area contributed by atoms with Crippen LogP contribution in [0.3, 0.4) is 0 Å². The largest absolute Gasteiger partial charge is 0.385 e. The van der Waals surface area contributed by atoms with E-state index in [-0.39, 0.29) is 12.3 Å². The Morgan fingerprint density at radius 2 is 2.07 bits per heavy atom. The molecule has 3 heteroatoms. The second-order valence-corrected chi connectivity index (χ2v) is 3.84. The average Bonchev–Trinajstić information content (AvgIpc) is 2.19. The molecule has 15 heavy (non-hydrogen) atoms. The summed E-state index contributed by atoms with van der Waals surface area (Å²) in [6.45, 7) is 5.29. The van der Waals surface area contributed by atoms with Crippen molar-refractivity contribution in [1.82, 2.24) is 4.90 Å². The van der Waals surface area contributed by atoms with Crippen molar-refractivity contribution in [2.75, 3.05) is 13.1 Å². The summed E-state index contributed by atoms with van der Waals surface area (Å²) in [6, 6.07) is 0. The molecule has 1 aliphatic rings. The molecule has 0 aromatic carbocycles. The van der Waals surface area contributed by atoms with Gasteiger partial charge in [0.15, 0.2) is 0 Å². The van der Waals surface area contributed by atoms with E-state index < -0.39 is 5.60 Å². The Morgan fingerprint density at radius 1 is 1.40 bits per heavy atom. The van der Waals surface area contributed by atoms with Crippen LogP contribution in [0, 0.1) is 0 Å². The zero-order valence-corrected chi connectivity index (χ0v) is 9.44. The van der Waals surface area contributed by atoms with Crippen molar-refractivity contribution >= 4 is 5.91 Å². The summed E-state index contributed by atoms with van der Waals surface area (Å²) in [5.74, 6) is 0.0162. The number of amides is 1. The number of nitrogens with zero attached hydrogens (tertiary/aromatic N) is 1. The molecule has 0 saturated carbocycles. The lowest BCUT2D eigenvalue weighted by Crippen LogP contribution is -2.38. The molecule has 0 aromatic heterocycles. The van der Waals surface area contributed by atoms with E-state index in [1.165, 1.54) is 0 Å². The van der Waals surface area contributed by atoms with Crippen LogP contribution < -0.4 is 0 Å². The molecule has 84 valence electrons. The summed E-state index contributed by atoms with van der Waals surface area (Å²) in [5.41, 5.74) is -0.978. The maximum atomic E-state index is 11.8. The highest BCUT2D eigenvalue weighted by atomic mass is 16.3. The topological polar surface area (TPSA) is 40.5 Å². The second-order valence-electron chi connectivity index (χ2n) is 3.84. The molecule has 0 aromatic rings. The monoisotopic (exact) mass is 209 g/mol. The summed E-state index contributed by atoms with van der Waals surface area (Å²) >= 11 is 0. The summed E-state index contributed by atoms with van der Waals surface area (Å²) in [6.07, 6.45) is 7.96. The molecular weight excluding hydrogens is 190 g/mol. The smallest absolute Gasteiger partial charge is 0.225 e. The van der Waals surface area contributed by atoms with Crippen LogP contribution in [0.15, 0.2) is 24.3 Å². The number of allylic oxidation sites excluding steroid dienone is 2.